The molecule has 0 aliphatic heterocycles. The maximum atomic E-state index is 13.4. The molecule has 2 aromatic rings. The van der Waals surface area contributed by atoms with Crippen molar-refractivity contribution >= 4 is 33.0 Å². The highest BCUT2D eigenvalue weighted by atomic mass is 32.2. The van der Waals surface area contributed by atoms with Gasteiger partial charge in [0.2, 0.25) is 0 Å². The lowest BCUT2D eigenvalue weighted by atomic mass is 10.2. The third kappa shape index (κ3) is 2.81. The van der Waals surface area contributed by atoms with E-state index in [4.69, 9.17) is 5.11 Å². The third-order valence-electron chi connectivity index (χ3n) is 2.61. The molecular formula is C12H10FNO4S2. The molecule has 20 heavy (non-hydrogen) atoms. The number of hydrogen-bond acceptors (Lipinski definition) is 4. The van der Waals surface area contributed by atoms with Crippen LogP contribution in [0.1, 0.15) is 15.2 Å². The van der Waals surface area contributed by atoms with Crippen LogP contribution < -0.4 is 4.72 Å². The lowest BCUT2D eigenvalue weighted by Crippen LogP contribution is -2.13. The summed E-state index contributed by atoms with van der Waals surface area (Å²) in [6.07, 6.45) is 0. The van der Waals surface area contributed by atoms with E-state index in [1.165, 1.54) is 30.5 Å². The molecule has 0 aliphatic rings. The van der Waals surface area contributed by atoms with Crippen LogP contribution in [0.5, 0.6) is 0 Å². The van der Waals surface area contributed by atoms with E-state index in [1.54, 1.807) is 0 Å². The Labute approximate surface area is 118 Å². The molecule has 0 atom stereocenters. The fraction of sp³-hybridized carbons (Fsp3) is 0.0833. The van der Waals surface area contributed by atoms with Gasteiger partial charge in [-0.15, -0.1) is 11.3 Å². The van der Waals surface area contributed by atoms with Crippen LogP contribution in [0.25, 0.3) is 0 Å². The molecule has 2 rings (SSSR count). The van der Waals surface area contributed by atoms with Crippen molar-refractivity contribution in [3.63, 3.8) is 0 Å². The highest BCUT2D eigenvalue weighted by Crippen LogP contribution is 2.24. The second-order valence-corrected chi connectivity index (χ2v) is 6.56. The Kier molecular flexibility index (Phi) is 3.78. The summed E-state index contributed by atoms with van der Waals surface area (Å²) in [5, 5.41) is 10.0. The monoisotopic (exact) mass is 315 g/mol. The summed E-state index contributed by atoms with van der Waals surface area (Å²) in [6, 6.07) is 5.10. The number of anilines is 1. The first-order chi connectivity index (χ1) is 9.31. The summed E-state index contributed by atoms with van der Waals surface area (Å²) in [6.45, 7) is 1.45. The molecule has 0 radical (unpaired) electrons. The largest absolute Gasteiger partial charge is 0.477 e. The first kappa shape index (κ1) is 14.5. The summed E-state index contributed by atoms with van der Waals surface area (Å²) < 4.78 is 39.8. The number of carboxylic acids is 1. The molecular weight excluding hydrogens is 305 g/mol. The summed E-state index contributed by atoms with van der Waals surface area (Å²) in [5.74, 6) is -1.72. The Balaban J connectivity index is 2.35. The molecule has 106 valence electrons. The lowest BCUT2D eigenvalue weighted by Gasteiger charge is -2.09. The van der Waals surface area contributed by atoms with E-state index in [0.29, 0.717) is 0 Å². The van der Waals surface area contributed by atoms with E-state index in [-0.39, 0.29) is 21.0 Å². The van der Waals surface area contributed by atoms with E-state index in [2.05, 4.69) is 4.72 Å². The predicted octanol–water partition coefficient (Wildman–Crippen LogP) is 2.69. The molecule has 0 unspecified atom stereocenters. The SMILES string of the molecule is Cc1c(F)cccc1NS(=O)(=O)c1csc(C(=O)O)c1. The number of rotatable bonds is 4. The van der Waals surface area contributed by atoms with Gasteiger partial charge in [0.05, 0.1) is 10.6 Å². The number of carbonyl (C=O) groups is 1. The molecule has 1 aromatic carbocycles. The van der Waals surface area contributed by atoms with Crippen molar-refractivity contribution in [1.82, 2.24) is 0 Å². The Morgan fingerprint density at radius 2 is 2.10 bits per heavy atom. The number of aromatic carboxylic acids is 1. The average molecular weight is 315 g/mol. The van der Waals surface area contributed by atoms with Crippen LogP contribution >= 0.6 is 11.3 Å². The van der Waals surface area contributed by atoms with Crippen LogP contribution in [0.3, 0.4) is 0 Å². The van der Waals surface area contributed by atoms with Gasteiger partial charge in [-0.1, -0.05) is 6.07 Å². The third-order valence-corrected chi connectivity index (χ3v) is 5.02. The fourth-order valence-corrected chi connectivity index (χ4v) is 3.73. The highest BCUT2D eigenvalue weighted by Gasteiger charge is 2.19. The molecule has 8 heteroatoms. The van der Waals surface area contributed by atoms with Crippen LogP contribution in [0, 0.1) is 12.7 Å². The van der Waals surface area contributed by atoms with Gasteiger partial charge < -0.3 is 5.11 Å². The van der Waals surface area contributed by atoms with E-state index in [9.17, 15) is 17.6 Å². The van der Waals surface area contributed by atoms with Crippen molar-refractivity contribution in [2.75, 3.05) is 4.72 Å². The van der Waals surface area contributed by atoms with Crippen molar-refractivity contribution in [3.8, 4) is 0 Å². The van der Waals surface area contributed by atoms with Gasteiger partial charge in [-0.25, -0.2) is 17.6 Å². The van der Waals surface area contributed by atoms with E-state index in [0.717, 1.165) is 17.4 Å². The molecule has 0 amide bonds. The number of carboxylic acid groups (broad SMARTS) is 1. The molecule has 0 saturated carbocycles. The van der Waals surface area contributed by atoms with Gasteiger partial charge >= 0.3 is 5.97 Å². The maximum absolute atomic E-state index is 13.4. The molecule has 1 aromatic heterocycles. The highest BCUT2D eigenvalue weighted by molar-refractivity contribution is 7.92. The second-order valence-electron chi connectivity index (χ2n) is 3.97. The molecule has 0 spiro atoms. The van der Waals surface area contributed by atoms with Gasteiger partial charge in [0, 0.05) is 10.9 Å². The van der Waals surface area contributed by atoms with E-state index < -0.39 is 21.8 Å². The van der Waals surface area contributed by atoms with Crippen molar-refractivity contribution in [3.05, 3.63) is 45.9 Å². The smallest absolute Gasteiger partial charge is 0.345 e. The summed E-state index contributed by atoms with van der Waals surface area (Å²) in [7, 11) is -3.93. The quantitative estimate of drug-likeness (QED) is 0.908. The predicted molar refractivity (Wildman–Crippen MR) is 73.2 cm³/mol. The molecule has 2 N–H and O–H groups in total. The number of thiophene rings is 1. The first-order valence-corrected chi connectivity index (χ1v) is 7.77. The Bertz CT molecular complexity index is 768. The number of benzene rings is 1. The van der Waals surface area contributed by atoms with Crippen LogP contribution in [0.2, 0.25) is 0 Å². The number of nitrogens with one attached hydrogen (secondary N) is 1. The molecule has 0 bridgehead atoms. The zero-order valence-electron chi connectivity index (χ0n) is 10.3. The molecule has 0 fully saturated rings. The van der Waals surface area contributed by atoms with Crippen molar-refractivity contribution in [1.29, 1.82) is 0 Å². The van der Waals surface area contributed by atoms with Gasteiger partial charge in [-0.3, -0.25) is 4.72 Å². The van der Waals surface area contributed by atoms with Crippen molar-refractivity contribution in [2.24, 2.45) is 0 Å². The summed E-state index contributed by atoms with van der Waals surface area (Å²) in [4.78, 5) is 10.5. The normalized spacial score (nSPS) is 11.3. The van der Waals surface area contributed by atoms with Gasteiger partial charge in [0.1, 0.15) is 10.7 Å². The maximum Gasteiger partial charge on any atom is 0.345 e. The Hall–Kier alpha value is -1.93. The molecule has 1 heterocycles. The number of sulfonamides is 1. The second kappa shape index (κ2) is 5.22. The van der Waals surface area contributed by atoms with Crippen molar-refractivity contribution < 1.29 is 22.7 Å². The summed E-state index contributed by atoms with van der Waals surface area (Å²) in [5.41, 5.74) is 0.290. The van der Waals surface area contributed by atoms with E-state index >= 15 is 0 Å². The zero-order valence-corrected chi connectivity index (χ0v) is 11.9. The first-order valence-electron chi connectivity index (χ1n) is 5.41. The van der Waals surface area contributed by atoms with E-state index in [1.807, 2.05) is 0 Å². The number of halogens is 1. The fourth-order valence-electron chi connectivity index (χ4n) is 1.49. The van der Waals surface area contributed by atoms with Crippen LogP contribution in [0.15, 0.2) is 34.5 Å². The van der Waals surface area contributed by atoms with Gasteiger partial charge in [0.15, 0.2) is 0 Å². The Morgan fingerprint density at radius 3 is 2.70 bits per heavy atom. The van der Waals surface area contributed by atoms with Gasteiger partial charge in [0.25, 0.3) is 10.0 Å². The molecule has 0 saturated heterocycles. The minimum atomic E-state index is -3.93. The molecule has 5 nitrogen and oxygen atoms in total. The minimum Gasteiger partial charge on any atom is -0.477 e. The van der Waals surface area contributed by atoms with Gasteiger partial charge in [-0.2, -0.15) is 0 Å². The topological polar surface area (TPSA) is 83.5 Å². The average Bonchev–Trinajstić information content (AvgIpc) is 2.85. The Morgan fingerprint density at radius 1 is 1.40 bits per heavy atom. The van der Waals surface area contributed by atoms with Gasteiger partial charge in [-0.05, 0) is 25.1 Å². The van der Waals surface area contributed by atoms with Crippen LogP contribution in [-0.2, 0) is 10.0 Å². The van der Waals surface area contributed by atoms with Crippen LogP contribution in [-0.4, -0.2) is 19.5 Å². The molecule has 0 aliphatic carbocycles. The van der Waals surface area contributed by atoms with Crippen LogP contribution in [0.4, 0.5) is 10.1 Å². The summed E-state index contributed by atoms with van der Waals surface area (Å²) >= 11 is 0.810. The lowest BCUT2D eigenvalue weighted by molar-refractivity contribution is 0.0702. The minimum absolute atomic E-state index is 0.0821. The standard InChI is InChI=1S/C12H10FNO4S2/c1-7-9(13)3-2-4-10(7)14-20(17,18)8-5-11(12(15)16)19-6-8/h2-6,14H,1H3,(H,15,16). The number of hydrogen-bond donors (Lipinski definition) is 2. The zero-order chi connectivity index (χ0) is 14.9. The van der Waals surface area contributed by atoms with Crippen molar-refractivity contribution in [2.45, 2.75) is 11.8 Å².